The number of benzene rings is 3. The Morgan fingerprint density at radius 2 is 1.40 bits per heavy atom. The molecule has 0 amide bonds. The van der Waals surface area contributed by atoms with Gasteiger partial charge in [0.15, 0.2) is 23.1 Å². The second-order valence-corrected chi connectivity index (χ2v) is 6.78. The van der Waals surface area contributed by atoms with Gasteiger partial charge in [0.05, 0.1) is 0 Å². The van der Waals surface area contributed by atoms with Crippen LogP contribution in [0.4, 0.5) is 8.78 Å². The van der Waals surface area contributed by atoms with E-state index in [1.807, 2.05) is 30.3 Å². The van der Waals surface area contributed by atoms with Crippen LogP contribution < -0.4 is 4.74 Å². The van der Waals surface area contributed by atoms with Crippen molar-refractivity contribution in [3.63, 3.8) is 0 Å². The highest BCUT2D eigenvalue weighted by Crippen LogP contribution is 2.22. The molecule has 0 bridgehead atoms. The Morgan fingerprint density at radius 1 is 0.800 bits per heavy atom. The van der Waals surface area contributed by atoms with Gasteiger partial charge in [-0.05, 0) is 42.0 Å². The number of rotatable bonds is 3. The Labute approximate surface area is 161 Å². The van der Waals surface area contributed by atoms with Crippen LogP contribution >= 0.6 is 31.9 Å². The van der Waals surface area contributed by atoms with Gasteiger partial charge in [0.25, 0.3) is 0 Å². The van der Waals surface area contributed by atoms with Crippen molar-refractivity contribution >= 4 is 31.9 Å². The Bertz CT molecular complexity index is 827. The first kappa shape index (κ1) is 19.4. The quantitative estimate of drug-likeness (QED) is 0.474. The van der Waals surface area contributed by atoms with Crippen LogP contribution in [0, 0.1) is 11.6 Å². The van der Waals surface area contributed by atoms with E-state index in [4.69, 9.17) is 9.84 Å². The van der Waals surface area contributed by atoms with E-state index < -0.39 is 5.82 Å². The van der Waals surface area contributed by atoms with Gasteiger partial charge < -0.3 is 9.84 Å². The lowest BCUT2D eigenvalue weighted by Gasteiger charge is -2.07. The Hall–Kier alpha value is -1.92. The van der Waals surface area contributed by atoms with E-state index in [1.54, 1.807) is 18.2 Å². The SMILES string of the molecule is Fc1cc(Br)ccc1OCc1ccccc1.Oc1ccc(Br)cc1F. The van der Waals surface area contributed by atoms with Crippen molar-refractivity contribution in [3.05, 3.63) is 92.9 Å². The predicted octanol–water partition coefficient (Wildman–Crippen LogP) is 6.46. The lowest BCUT2D eigenvalue weighted by molar-refractivity contribution is 0.290. The number of aromatic hydroxyl groups is 1. The largest absolute Gasteiger partial charge is 0.505 e. The standard InChI is InChI=1S/C13H10BrFO.C6H4BrFO/c14-11-6-7-13(12(15)8-11)16-9-10-4-2-1-3-5-10;7-4-1-2-6(9)5(8)3-4/h1-8H,9H2;1-3,9H. The average Bonchev–Trinajstić information content (AvgIpc) is 2.59. The van der Waals surface area contributed by atoms with Crippen molar-refractivity contribution in [1.29, 1.82) is 0 Å². The molecule has 3 rings (SSSR count). The molecule has 0 spiro atoms. The molecule has 0 aliphatic carbocycles. The summed E-state index contributed by atoms with van der Waals surface area (Å²) in [5, 5.41) is 8.65. The molecule has 3 aromatic carbocycles. The van der Waals surface area contributed by atoms with Crippen molar-refractivity contribution in [2.75, 3.05) is 0 Å². The molecule has 0 unspecified atom stereocenters. The molecule has 25 heavy (non-hydrogen) atoms. The minimum atomic E-state index is -0.607. The van der Waals surface area contributed by atoms with Crippen LogP contribution in [0.1, 0.15) is 5.56 Å². The van der Waals surface area contributed by atoms with Crippen LogP contribution in [0.5, 0.6) is 11.5 Å². The first-order valence-electron chi connectivity index (χ1n) is 7.21. The molecule has 3 aromatic rings. The molecule has 0 radical (unpaired) electrons. The van der Waals surface area contributed by atoms with Gasteiger partial charge in [0, 0.05) is 8.95 Å². The van der Waals surface area contributed by atoms with E-state index in [1.165, 1.54) is 18.2 Å². The van der Waals surface area contributed by atoms with E-state index in [0.717, 1.165) is 5.56 Å². The van der Waals surface area contributed by atoms with Crippen LogP contribution in [-0.2, 0) is 6.61 Å². The number of phenols is 1. The number of hydrogen-bond acceptors (Lipinski definition) is 2. The number of hydrogen-bond donors (Lipinski definition) is 1. The Kier molecular flexibility index (Phi) is 7.40. The van der Waals surface area contributed by atoms with E-state index in [0.29, 0.717) is 15.6 Å². The monoisotopic (exact) mass is 470 g/mol. The normalized spacial score (nSPS) is 9.92. The summed E-state index contributed by atoms with van der Waals surface area (Å²) in [6.45, 7) is 0.374. The van der Waals surface area contributed by atoms with Crippen molar-refractivity contribution in [1.82, 2.24) is 0 Å². The van der Waals surface area contributed by atoms with E-state index in [-0.39, 0.29) is 17.3 Å². The molecule has 0 aliphatic rings. The molecule has 1 N–H and O–H groups in total. The van der Waals surface area contributed by atoms with E-state index in [2.05, 4.69) is 31.9 Å². The van der Waals surface area contributed by atoms with Crippen molar-refractivity contribution in [2.24, 2.45) is 0 Å². The molecule has 2 nitrogen and oxygen atoms in total. The zero-order valence-electron chi connectivity index (χ0n) is 12.9. The third kappa shape index (κ3) is 6.48. The molecule has 0 heterocycles. The van der Waals surface area contributed by atoms with Gasteiger partial charge in [0.2, 0.25) is 0 Å². The fourth-order valence-electron chi connectivity index (χ4n) is 1.81. The van der Waals surface area contributed by atoms with Gasteiger partial charge in [-0.15, -0.1) is 0 Å². The minimum absolute atomic E-state index is 0.270. The minimum Gasteiger partial charge on any atom is -0.505 e. The van der Waals surface area contributed by atoms with Crippen LogP contribution in [0.15, 0.2) is 75.7 Å². The first-order valence-corrected chi connectivity index (χ1v) is 8.80. The smallest absolute Gasteiger partial charge is 0.166 e. The molecule has 0 saturated heterocycles. The average molecular weight is 472 g/mol. The van der Waals surface area contributed by atoms with Gasteiger partial charge in [-0.25, -0.2) is 8.78 Å². The summed E-state index contributed by atoms with van der Waals surface area (Å²) in [7, 11) is 0. The highest BCUT2D eigenvalue weighted by Gasteiger charge is 2.03. The summed E-state index contributed by atoms with van der Waals surface area (Å²) in [6.07, 6.45) is 0. The summed E-state index contributed by atoms with van der Waals surface area (Å²) in [6, 6.07) is 18.5. The third-order valence-electron chi connectivity index (χ3n) is 3.04. The van der Waals surface area contributed by atoms with E-state index >= 15 is 0 Å². The fraction of sp³-hybridized carbons (Fsp3) is 0.0526. The molecular formula is C19H14Br2F2O2. The summed E-state index contributed by atoms with van der Waals surface area (Å²) in [5.74, 6) is -1.01. The van der Waals surface area contributed by atoms with Crippen molar-refractivity contribution in [2.45, 2.75) is 6.61 Å². The van der Waals surface area contributed by atoms with Crippen LogP contribution in [0.25, 0.3) is 0 Å². The maximum Gasteiger partial charge on any atom is 0.166 e. The zero-order valence-corrected chi connectivity index (χ0v) is 16.1. The topological polar surface area (TPSA) is 29.5 Å². The highest BCUT2D eigenvalue weighted by molar-refractivity contribution is 9.10. The van der Waals surface area contributed by atoms with Gasteiger partial charge in [-0.3, -0.25) is 0 Å². The molecule has 0 aromatic heterocycles. The van der Waals surface area contributed by atoms with Crippen LogP contribution in [0.3, 0.4) is 0 Å². The second-order valence-electron chi connectivity index (χ2n) is 4.94. The van der Waals surface area contributed by atoms with Gasteiger partial charge in [-0.1, -0.05) is 62.2 Å². The molecule has 0 aliphatic heterocycles. The fourth-order valence-corrected chi connectivity index (χ4v) is 2.48. The van der Waals surface area contributed by atoms with Crippen LogP contribution in [0.2, 0.25) is 0 Å². The number of halogens is 4. The highest BCUT2D eigenvalue weighted by atomic mass is 79.9. The van der Waals surface area contributed by atoms with Gasteiger partial charge >= 0.3 is 0 Å². The molecular weight excluding hydrogens is 458 g/mol. The van der Waals surface area contributed by atoms with Gasteiger partial charge in [0.1, 0.15) is 6.61 Å². The molecule has 0 fully saturated rings. The summed E-state index contributed by atoms with van der Waals surface area (Å²) in [4.78, 5) is 0. The van der Waals surface area contributed by atoms with Gasteiger partial charge in [-0.2, -0.15) is 0 Å². The van der Waals surface area contributed by atoms with Crippen LogP contribution in [-0.4, -0.2) is 5.11 Å². The van der Waals surface area contributed by atoms with Crippen molar-refractivity contribution < 1.29 is 18.6 Å². The second kappa shape index (κ2) is 9.53. The first-order chi connectivity index (χ1) is 12.0. The van der Waals surface area contributed by atoms with E-state index in [9.17, 15) is 8.78 Å². The zero-order chi connectivity index (χ0) is 18.2. The molecule has 6 heteroatoms. The summed E-state index contributed by atoms with van der Waals surface area (Å²) < 4.78 is 32.4. The maximum atomic E-state index is 13.4. The number of ether oxygens (including phenoxy) is 1. The third-order valence-corrected chi connectivity index (χ3v) is 4.03. The molecule has 130 valence electrons. The Morgan fingerprint density at radius 3 is 1.96 bits per heavy atom. The lowest BCUT2D eigenvalue weighted by Crippen LogP contribution is -1.96. The summed E-state index contributed by atoms with van der Waals surface area (Å²) >= 11 is 6.24. The lowest BCUT2D eigenvalue weighted by atomic mass is 10.2. The predicted molar refractivity (Wildman–Crippen MR) is 101 cm³/mol. The number of phenolic OH excluding ortho intramolecular Hbond substituents is 1. The maximum absolute atomic E-state index is 13.4. The van der Waals surface area contributed by atoms with Crippen molar-refractivity contribution in [3.8, 4) is 11.5 Å². The molecule has 0 saturated carbocycles. The molecule has 0 atom stereocenters. The Balaban J connectivity index is 0.000000212. The summed E-state index contributed by atoms with van der Waals surface area (Å²) in [5.41, 5.74) is 1.02.